The molecule has 3 nitrogen and oxygen atoms in total. The van der Waals surface area contributed by atoms with Gasteiger partial charge in [-0.15, -0.1) is 0 Å². The van der Waals surface area contributed by atoms with E-state index in [1.165, 1.54) is 5.56 Å². The molecule has 0 unspecified atom stereocenters. The van der Waals surface area contributed by atoms with Crippen molar-refractivity contribution in [3.8, 4) is 17.6 Å². The Hall–Kier alpha value is -1.99. The molecule has 0 atom stereocenters. The van der Waals surface area contributed by atoms with Crippen LogP contribution in [0.15, 0.2) is 46.9 Å². The average molecular weight is 346 g/mol. The molecule has 0 spiro atoms. The highest BCUT2D eigenvalue weighted by Crippen LogP contribution is 2.36. The zero-order valence-corrected chi connectivity index (χ0v) is 13.4. The summed E-state index contributed by atoms with van der Waals surface area (Å²) in [5.74, 6) is 1.24. The lowest BCUT2D eigenvalue weighted by Gasteiger charge is -2.14. The van der Waals surface area contributed by atoms with E-state index >= 15 is 0 Å². The van der Waals surface area contributed by atoms with Gasteiger partial charge in [-0.3, -0.25) is 0 Å². The minimum absolute atomic E-state index is 0.524. The van der Waals surface area contributed by atoms with Crippen molar-refractivity contribution in [2.24, 2.45) is 0 Å². The summed E-state index contributed by atoms with van der Waals surface area (Å²) >= 11 is 3.44. The molecule has 0 saturated heterocycles. The summed E-state index contributed by atoms with van der Waals surface area (Å²) in [6, 6.07) is 15.7. The van der Waals surface area contributed by atoms with Gasteiger partial charge in [0.15, 0.2) is 11.5 Å². The van der Waals surface area contributed by atoms with Crippen molar-refractivity contribution in [1.29, 1.82) is 5.26 Å². The Morgan fingerprint density at radius 1 is 1.14 bits per heavy atom. The average Bonchev–Trinajstić information content (AvgIpc) is 2.51. The van der Waals surface area contributed by atoms with Gasteiger partial charge in [0.05, 0.1) is 29.3 Å². The van der Waals surface area contributed by atoms with E-state index in [4.69, 9.17) is 14.7 Å². The highest BCUT2D eigenvalue weighted by molar-refractivity contribution is 9.10. The first-order valence-corrected chi connectivity index (χ1v) is 7.57. The van der Waals surface area contributed by atoms with E-state index in [1.54, 1.807) is 12.1 Å². The van der Waals surface area contributed by atoms with E-state index in [-0.39, 0.29) is 0 Å². The van der Waals surface area contributed by atoms with Crippen LogP contribution in [-0.2, 0) is 6.42 Å². The third kappa shape index (κ3) is 4.24. The van der Waals surface area contributed by atoms with Crippen LogP contribution in [0.1, 0.15) is 18.1 Å². The van der Waals surface area contributed by atoms with Crippen molar-refractivity contribution in [3.05, 3.63) is 58.1 Å². The van der Waals surface area contributed by atoms with E-state index in [0.29, 0.717) is 30.3 Å². The fourth-order valence-electron chi connectivity index (χ4n) is 1.95. The van der Waals surface area contributed by atoms with Crippen LogP contribution in [0.25, 0.3) is 0 Å². The molecule has 21 heavy (non-hydrogen) atoms. The Morgan fingerprint density at radius 2 is 1.90 bits per heavy atom. The first kappa shape index (κ1) is 15.4. The molecule has 0 aliphatic heterocycles. The summed E-state index contributed by atoms with van der Waals surface area (Å²) in [4.78, 5) is 0. The predicted octanol–water partition coefficient (Wildman–Crippen LogP) is 4.34. The summed E-state index contributed by atoms with van der Waals surface area (Å²) in [6.07, 6.45) is 0.818. The van der Waals surface area contributed by atoms with Gasteiger partial charge in [0.1, 0.15) is 0 Å². The first-order chi connectivity index (χ1) is 10.2. The molecule has 2 aromatic carbocycles. The number of ether oxygens (including phenoxy) is 2. The van der Waals surface area contributed by atoms with Crippen LogP contribution < -0.4 is 9.47 Å². The number of rotatable bonds is 6. The molecule has 0 amide bonds. The van der Waals surface area contributed by atoms with Crippen LogP contribution in [0, 0.1) is 11.3 Å². The Balaban J connectivity index is 2.10. The molecule has 0 radical (unpaired) electrons. The van der Waals surface area contributed by atoms with E-state index in [2.05, 4.69) is 34.1 Å². The van der Waals surface area contributed by atoms with Gasteiger partial charge >= 0.3 is 0 Å². The van der Waals surface area contributed by atoms with Crippen molar-refractivity contribution < 1.29 is 9.47 Å². The van der Waals surface area contributed by atoms with Crippen LogP contribution in [-0.4, -0.2) is 13.2 Å². The summed E-state index contributed by atoms with van der Waals surface area (Å²) < 4.78 is 12.1. The molecule has 0 aliphatic carbocycles. The van der Waals surface area contributed by atoms with Crippen LogP contribution in [0.4, 0.5) is 0 Å². The van der Waals surface area contributed by atoms with E-state index in [0.717, 1.165) is 10.9 Å². The molecule has 0 fully saturated rings. The van der Waals surface area contributed by atoms with Crippen molar-refractivity contribution in [1.82, 2.24) is 0 Å². The Bertz CT molecular complexity index is 635. The molecule has 0 aliphatic rings. The topological polar surface area (TPSA) is 42.2 Å². The van der Waals surface area contributed by atoms with Crippen molar-refractivity contribution in [3.63, 3.8) is 0 Å². The fourth-order valence-corrected chi connectivity index (χ4v) is 2.51. The van der Waals surface area contributed by atoms with Gasteiger partial charge in [-0.2, -0.15) is 5.26 Å². The molecular formula is C17H16BrNO2. The molecule has 0 aromatic heterocycles. The van der Waals surface area contributed by atoms with Gasteiger partial charge < -0.3 is 9.47 Å². The van der Waals surface area contributed by atoms with Crippen LogP contribution in [0.3, 0.4) is 0 Å². The van der Waals surface area contributed by atoms with Gasteiger partial charge in [-0.25, -0.2) is 0 Å². The van der Waals surface area contributed by atoms with Crippen LogP contribution >= 0.6 is 15.9 Å². The summed E-state index contributed by atoms with van der Waals surface area (Å²) in [5, 5.41) is 9.00. The lowest BCUT2D eigenvalue weighted by Crippen LogP contribution is -2.04. The molecule has 0 heterocycles. The Kier molecular flexibility index (Phi) is 5.65. The number of benzene rings is 2. The first-order valence-electron chi connectivity index (χ1n) is 6.77. The lowest BCUT2D eigenvalue weighted by molar-refractivity contribution is 0.277. The van der Waals surface area contributed by atoms with Crippen LogP contribution in [0.2, 0.25) is 0 Å². The van der Waals surface area contributed by atoms with Gasteiger partial charge in [0.25, 0.3) is 0 Å². The normalized spacial score (nSPS) is 9.95. The second-order valence-electron chi connectivity index (χ2n) is 4.41. The maximum atomic E-state index is 9.00. The molecule has 0 N–H and O–H groups in total. The van der Waals surface area contributed by atoms with Crippen molar-refractivity contribution in [2.45, 2.75) is 13.3 Å². The minimum Gasteiger partial charge on any atom is -0.490 e. The zero-order valence-electron chi connectivity index (χ0n) is 11.8. The van der Waals surface area contributed by atoms with Crippen molar-refractivity contribution in [2.75, 3.05) is 13.2 Å². The number of hydrogen-bond donors (Lipinski definition) is 0. The van der Waals surface area contributed by atoms with Gasteiger partial charge in [-0.1, -0.05) is 30.3 Å². The molecule has 2 aromatic rings. The summed E-state index contributed by atoms with van der Waals surface area (Å²) in [6.45, 7) is 2.98. The molecule has 4 heteroatoms. The molecular weight excluding hydrogens is 330 g/mol. The second-order valence-corrected chi connectivity index (χ2v) is 5.27. The number of nitrogens with zero attached hydrogens (tertiary/aromatic N) is 1. The highest BCUT2D eigenvalue weighted by atomic mass is 79.9. The van der Waals surface area contributed by atoms with E-state index < -0.39 is 0 Å². The quantitative estimate of drug-likeness (QED) is 0.781. The van der Waals surface area contributed by atoms with Gasteiger partial charge in [-0.05, 0) is 34.5 Å². The largest absolute Gasteiger partial charge is 0.490 e. The Morgan fingerprint density at radius 3 is 2.57 bits per heavy atom. The fraction of sp³-hybridized carbons (Fsp3) is 0.235. The van der Waals surface area contributed by atoms with Crippen molar-refractivity contribution >= 4 is 15.9 Å². The smallest absolute Gasteiger partial charge is 0.175 e. The molecule has 0 bridgehead atoms. The molecule has 108 valence electrons. The second kappa shape index (κ2) is 7.70. The van der Waals surface area contributed by atoms with Gasteiger partial charge in [0, 0.05) is 12.5 Å². The lowest BCUT2D eigenvalue weighted by atomic mass is 10.2. The SMILES string of the molecule is CCOc1cc(C#N)cc(Br)c1OCCc1ccccc1. The third-order valence-corrected chi connectivity index (χ3v) is 3.51. The summed E-state index contributed by atoms with van der Waals surface area (Å²) in [5.41, 5.74) is 1.76. The zero-order chi connectivity index (χ0) is 15.1. The summed E-state index contributed by atoms with van der Waals surface area (Å²) in [7, 11) is 0. The van der Waals surface area contributed by atoms with Gasteiger partial charge in [0.2, 0.25) is 0 Å². The minimum atomic E-state index is 0.524. The standard InChI is InChI=1S/C17H16BrNO2/c1-2-20-16-11-14(12-19)10-15(18)17(16)21-9-8-13-6-4-3-5-7-13/h3-7,10-11H,2,8-9H2,1H3. The Labute approximate surface area is 133 Å². The molecule has 2 rings (SSSR count). The van der Waals surface area contributed by atoms with E-state index in [9.17, 15) is 0 Å². The maximum absolute atomic E-state index is 9.00. The predicted molar refractivity (Wildman–Crippen MR) is 85.7 cm³/mol. The number of hydrogen-bond acceptors (Lipinski definition) is 3. The maximum Gasteiger partial charge on any atom is 0.175 e. The third-order valence-electron chi connectivity index (χ3n) is 2.92. The molecule has 0 saturated carbocycles. The number of nitriles is 1. The highest BCUT2D eigenvalue weighted by Gasteiger charge is 2.12. The monoisotopic (exact) mass is 345 g/mol. The van der Waals surface area contributed by atoms with Crippen LogP contribution in [0.5, 0.6) is 11.5 Å². The number of halogens is 1. The van der Waals surface area contributed by atoms with E-state index in [1.807, 2.05) is 25.1 Å².